The molecule has 1 aromatic carbocycles. The minimum Gasteiger partial charge on any atom is -0.491 e. The van der Waals surface area contributed by atoms with Crippen LogP contribution in [-0.4, -0.2) is 26.3 Å². The van der Waals surface area contributed by atoms with Gasteiger partial charge in [0.25, 0.3) is 0 Å². The van der Waals surface area contributed by atoms with Crippen molar-refractivity contribution in [3.63, 3.8) is 0 Å². The summed E-state index contributed by atoms with van der Waals surface area (Å²) in [4.78, 5) is 11.4. The van der Waals surface area contributed by atoms with Gasteiger partial charge in [0.2, 0.25) is 0 Å². The SMILES string of the molecule is [3H]c1c(OC(C)C)cccc1-n1nn[nH]c1=O. The summed E-state index contributed by atoms with van der Waals surface area (Å²) in [5, 5.41) is 9.15. The molecule has 0 aliphatic carbocycles. The molecule has 0 unspecified atom stereocenters. The molecule has 6 nitrogen and oxygen atoms in total. The van der Waals surface area contributed by atoms with E-state index in [-0.39, 0.29) is 12.1 Å². The summed E-state index contributed by atoms with van der Waals surface area (Å²) < 4.78 is 14.4. The van der Waals surface area contributed by atoms with Gasteiger partial charge in [0.15, 0.2) is 0 Å². The molecule has 2 rings (SSSR count). The predicted molar refractivity (Wildman–Crippen MR) is 57.7 cm³/mol. The summed E-state index contributed by atoms with van der Waals surface area (Å²) in [6, 6.07) is 5.10. The summed E-state index contributed by atoms with van der Waals surface area (Å²) >= 11 is 0. The van der Waals surface area contributed by atoms with Gasteiger partial charge in [0, 0.05) is 6.04 Å². The third kappa shape index (κ3) is 2.10. The number of aromatic nitrogens is 4. The Labute approximate surface area is 93.2 Å². The minimum atomic E-state index is -0.486. The van der Waals surface area contributed by atoms with Gasteiger partial charge in [0.05, 0.1) is 13.2 Å². The van der Waals surface area contributed by atoms with Crippen molar-refractivity contribution in [1.29, 1.82) is 0 Å². The third-order valence-corrected chi connectivity index (χ3v) is 1.82. The molecule has 0 amide bonds. The molecule has 0 bridgehead atoms. The van der Waals surface area contributed by atoms with E-state index in [1.54, 1.807) is 18.2 Å². The van der Waals surface area contributed by atoms with Crippen LogP contribution in [0.3, 0.4) is 0 Å². The number of ether oxygens (including phenoxy) is 1. The Balaban J connectivity index is 2.50. The number of aromatic amines is 1. The van der Waals surface area contributed by atoms with Crippen molar-refractivity contribution in [1.82, 2.24) is 20.2 Å². The van der Waals surface area contributed by atoms with Gasteiger partial charge in [-0.2, -0.15) is 4.68 Å². The van der Waals surface area contributed by atoms with Crippen LogP contribution in [0.4, 0.5) is 0 Å². The highest BCUT2D eigenvalue weighted by Crippen LogP contribution is 2.16. The highest BCUT2D eigenvalue weighted by atomic mass is 16.5. The lowest BCUT2D eigenvalue weighted by Gasteiger charge is -2.10. The number of nitrogens with one attached hydrogen (secondary N) is 1. The molecule has 0 saturated heterocycles. The average molecular weight is 222 g/mol. The van der Waals surface area contributed by atoms with Crippen molar-refractivity contribution in [2.75, 3.05) is 0 Å². The standard InChI is InChI=1S/C10H12N4O2/c1-7(2)16-9-5-3-4-8(6-9)14-10(15)11-12-13-14/h3-7H,1-2H3,(H,11,13,15)/i6T. The van der Waals surface area contributed by atoms with E-state index >= 15 is 0 Å². The molecular formula is C10H12N4O2. The summed E-state index contributed by atoms with van der Waals surface area (Å²) in [7, 11) is 0. The van der Waals surface area contributed by atoms with Crippen molar-refractivity contribution in [2.45, 2.75) is 20.0 Å². The highest BCUT2D eigenvalue weighted by molar-refractivity contribution is 5.38. The molecule has 2 aromatic rings. The van der Waals surface area contributed by atoms with Crippen LogP contribution < -0.4 is 10.4 Å². The van der Waals surface area contributed by atoms with Crippen molar-refractivity contribution in [3.05, 3.63) is 34.7 Å². The zero-order valence-electron chi connectivity index (χ0n) is 9.97. The quantitative estimate of drug-likeness (QED) is 0.831. The maximum absolute atomic E-state index is 11.4. The van der Waals surface area contributed by atoms with Gasteiger partial charge in [-0.1, -0.05) is 6.07 Å². The smallest absolute Gasteiger partial charge is 0.365 e. The Kier molecular flexibility index (Phi) is 2.39. The number of rotatable bonds is 3. The summed E-state index contributed by atoms with van der Waals surface area (Å²) in [5.41, 5.74) is -0.151. The molecule has 0 spiro atoms. The van der Waals surface area contributed by atoms with Crippen LogP contribution in [-0.2, 0) is 0 Å². The van der Waals surface area contributed by atoms with Crippen molar-refractivity contribution >= 4 is 0 Å². The lowest BCUT2D eigenvalue weighted by molar-refractivity contribution is 0.242. The molecule has 0 aliphatic rings. The van der Waals surface area contributed by atoms with Gasteiger partial charge in [0.1, 0.15) is 5.75 Å². The monoisotopic (exact) mass is 222 g/mol. The first kappa shape index (κ1) is 9.14. The molecule has 16 heavy (non-hydrogen) atoms. The van der Waals surface area contributed by atoms with E-state index < -0.39 is 5.69 Å². The largest absolute Gasteiger partial charge is 0.491 e. The molecule has 1 aromatic heterocycles. The molecule has 84 valence electrons. The number of hydrogen-bond acceptors (Lipinski definition) is 4. The van der Waals surface area contributed by atoms with Crippen LogP contribution in [0.5, 0.6) is 5.75 Å². The maximum Gasteiger partial charge on any atom is 0.365 e. The zero-order valence-corrected chi connectivity index (χ0v) is 8.97. The van der Waals surface area contributed by atoms with E-state index in [1.165, 1.54) is 0 Å². The van der Waals surface area contributed by atoms with Crippen LogP contribution in [0.2, 0.25) is 0 Å². The van der Waals surface area contributed by atoms with Gasteiger partial charge in [-0.3, -0.25) is 0 Å². The Morgan fingerprint density at radius 1 is 1.56 bits per heavy atom. The normalized spacial score (nSPS) is 11.6. The van der Waals surface area contributed by atoms with Crippen molar-refractivity contribution in [2.24, 2.45) is 0 Å². The van der Waals surface area contributed by atoms with Crippen LogP contribution >= 0.6 is 0 Å². The van der Waals surface area contributed by atoms with Gasteiger partial charge in [-0.15, -0.1) is 0 Å². The predicted octanol–water partition coefficient (Wildman–Crippen LogP) is 0.743. The summed E-state index contributed by atoms with van der Waals surface area (Å²) in [5.74, 6) is 0.410. The van der Waals surface area contributed by atoms with Crippen LogP contribution in [0, 0.1) is 0 Å². The number of tetrazole rings is 1. The van der Waals surface area contributed by atoms with Gasteiger partial charge < -0.3 is 4.74 Å². The molecule has 1 heterocycles. The van der Waals surface area contributed by atoms with Crippen LogP contribution in [0.1, 0.15) is 15.2 Å². The Hall–Kier alpha value is -2.11. The van der Waals surface area contributed by atoms with E-state index in [4.69, 9.17) is 6.11 Å². The number of nitrogens with zero attached hydrogens (tertiary/aromatic N) is 3. The topological polar surface area (TPSA) is 72.8 Å². The minimum absolute atomic E-state index is 0.0385. The van der Waals surface area contributed by atoms with E-state index in [0.717, 1.165) is 4.68 Å². The van der Waals surface area contributed by atoms with Gasteiger partial charge in [-0.25, -0.2) is 9.89 Å². The number of H-pyrrole nitrogens is 1. The lowest BCUT2D eigenvalue weighted by Crippen LogP contribution is -2.16. The molecule has 0 fully saturated rings. The van der Waals surface area contributed by atoms with Gasteiger partial charge >= 0.3 is 5.69 Å². The zero-order chi connectivity index (χ0) is 12.4. The van der Waals surface area contributed by atoms with Gasteiger partial charge in [-0.05, 0) is 36.4 Å². The molecule has 0 atom stereocenters. The fourth-order valence-corrected chi connectivity index (χ4v) is 1.24. The molecule has 0 saturated carbocycles. The number of hydrogen-bond donors (Lipinski definition) is 1. The second-order valence-electron chi connectivity index (χ2n) is 3.49. The molecular weight excluding hydrogens is 208 g/mol. The first-order valence-corrected chi connectivity index (χ1v) is 4.86. The maximum atomic E-state index is 11.4. The first-order chi connectivity index (χ1) is 8.09. The second-order valence-corrected chi connectivity index (χ2v) is 3.49. The van der Waals surface area contributed by atoms with E-state index in [0.29, 0.717) is 11.4 Å². The van der Waals surface area contributed by atoms with Crippen molar-refractivity contribution < 1.29 is 6.11 Å². The van der Waals surface area contributed by atoms with E-state index in [9.17, 15) is 4.79 Å². The Morgan fingerprint density at radius 2 is 2.38 bits per heavy atom. The van der Waals surface area contributed by atoms with Crippen LogP contribution in [0.15, 0.2) is 29.0 Å². The van der Waals surface area contributed by atoms with Crippen LogP contribution in [0.25, 0.3) is 5.69 Å². The fourth-order valence-electron chi connectivity index (χ4n) is 1.24. The number of benzene rings is 1. The Bertz CT molecular complexity index is 576. The fraction of sp³-hybridized carbons (Fsp3) is 0.300. The molecule has 0 aliphatic heterocycles. The lowest BCUT2D eigenvalue weighted by atomic mass is 10.3. The molecule has 6 heteroatoms. The molecule has 1 N–H and O–H groups in total. The third-order valence-electron chi connectivity index (χ3n) is 1.82. The first-order valence-electron chi connectivity index (χ1n) is 5.36. The van der Waals surface area contributed by atoms with E-state index in [2.05, 4.69) is 15.5 Å². The summed E-state index contributed by atoms with van der Waals surface area (Å²) in [6.07, 6.45) is -0.0385. The average Bonchev–Trinajstić information content (AvgIpc) is 2.67. The summed E-state index contributed by atoms with van der Waals surface area (Å²) in [6.45, 7) is 3.74. The van der Waals surface area contributed by atoms with Crippen molar-refractivity contribution in [3.8, 4) is 11.4 Å². The highest BCUT2D eigenvalue weighted by Gasteiger charge is 2.04. The Morgan fingerprint density at radius 3 is 3.00 bits per heavy atom. The second kappa shape index (κ2) is 4.18. The van der Waals surface area contributed by atoms with E-state index in [1.807, 2.05) is 13.8 Å². The molecule has 0 radical (unpaired) electrons.